The van der Waals surface area contributed by atoms with Crippen molar-refractivity contribution in [2.75, 3.05) is 6.54 Å². The van der Waals surface area contributed by atoms with Crippen LogP contribution in [0.15, 0.2) is 59.5 Å². The Morgan fingerprint density at radius 2 is 1.65 bits per heavy atom. The summed E-state index contributed by atoms with van der Waals surface area (Å²) in [5.41, 5.74) is 6.99. The summed E-state index contributed by atoms with van der Waals surface area (Å²) in [6.45, 7) is 0.562. The van der Waals surface area contributed by atoms with Crippen molar-refractivity contribution in [2.24, 2.45) is 5.73 Å². The maximum Gasteiger partial charge on any atom is 0.123 e. The molecule has 2 rings (SSSR count). The molecule has 0 spiro atoms. The maximum atomic E-state index is 12.8. The van der Waals surface area contributed by atoms with Crippen molar-refractivity contribution >= 4 is 11.8 Å². The lowest BCUT2D eigenvalue weighted by Crippen LogP contribution is -2.09. The molecule has 0 heterocycles. The minimum atomic E-state index is -0.210. The first kappa shape index (κ1) is 12.1. The zero-order valence-corrected chi connectivity index (χ0v) is 10.2. The molecule has 17 heavy (non-hydrogen) atoms. The third kappa shape index (κ3) is 3.32. The van der Waals surface area contributed by atoms with Crippen molar-refractivity contribution in [3.63, 3.8) is 0 Å². The smallest absolute Gasteiger partial charge is 0.123 e. The summed E-state index contributed by atoms with van der Waals surface area (Å²) < 4.78 is 12.8. The molecular weight excluding hydrogens is 233 g/mol. The summed E-state index contributed by atoms with van der Waals surface area (Å²) in [7, 11) is 0. The van der Waals surface area contributed by atoms with E-state index < -0.39 is 0 Å². The molecule has 0 aliphatic carbocycles. The van der Waals surface area contributed by atoms with Crippen LogP contribution in [0.4, 0.5) is 4.39 Å². The highest BCUT2D eigenvalue weighted by Crippen LogP contribution is 2.34. The highest BCUT2D eigenvalue weighted by Gasteiger charge is 2.10. The zero-order chi connectivity index (χ0) is 12.1. The molecule has 88 valence electrons. The number of thioether (sulfide) groups is 1. The van der Waals surface area contributed by atoms with Crippen LogP contribution in [0.1, 0.15) is 10.8 Å². The Labute approximate surface area is 105 Å². The van der Waals surface area contributed by atoms with Crippen LogP contribution in [0.5, 0.6) is 0 Å². The molecule has 0 saturated carbocycles. The summed E-state index contributed by atoms with van der Waals surface area (Å²) in [4.78, 5) is 1.03. The molecule has 0 aliphatic rings. The van der Waals surface area contributed by atoms with E-state index in [0.717, 1.165) is 4.90 Å². The molecule has 0 saturated heterocycles. The summed E-state index contributed by atoms with van der Waals surface area (Å²) in [6.07, 6.45) is 0. The number of benzene rings is 2. The van der Waals surface area contributed by atoms with Gasteiger partial charge in [-0.3, -0.25) is 0 Å². The minimum Gasteiger partial charge on any atom is -0.329 e. The Morgan fingerprint density at radius 1 is 1.00 bits per heavy atom. The molecule has 0 amide bonds. The van der Waals surface area contributed by atoms with Gasteiger partial charge in [0, 0.05) is 16.7 Å². The first-order valence-electron chi connectivity index (χ1n) is 5.47. The van der Waals surface area contributed by atoms with E-state index in [9.17, 15) is 4.39 Å². The van der Waals surface area contributed by atoms with Gasteiger partial charge in [-0.05, 0) is 29.8 Å². The quantitative estimate of drug-likeness (QED) is 0.835. The van der Waals surface area contributed by atoms with Crippen molar-refractivity contribution in [2.45, 2.75) is 10.1 Å². The Hall–Kier alpha value is -1.32. The van der Waals surface area contributed by atoms with Crippen molar-refractivity contribution in [3.05, 3.63) is 66.0 Å². The Balaban J connectivity index is 2.13. The fraction of sp³-hybridized carbons (Fsp3) is 0.143. The van der Waals surface area contributed by atoms with Gasteiger partial charge in [0.25, 0.3) is 0 Å². The number of halogens is 1. The van der Waals surface area contributed by atoms with Crippen LogP contribution in [-0.4, -0.2) is 6.54 Å². The average molecular weight is 247 g/mol. The molecular formula is C14H14FNS. The van der Waals surface area contributed by atoms with Gasteiger partial charge in [-0.1, -0.05) is 30.3 Å². The van der Waals surface area contributed by atoms with Crippen LogP contribution < -0.4 is 5.73 Å². The lowest BCUT2D eigenvalue weighted by Gasteiger charge is -2.14. The first-order chi connectivity index (χ1) is 8.29. The largest absolute Gasteiger partial charge is 0.329 e. The molecule has 0 aromatic heterocycles. The number of hydrogen-bond acceptors (Lipinski definition) is 2. The summed E-state index contributed by atoms with van der Waals surface area (Å²) in [5.74, 6) is -0.210. The summed E-state index contributed by atoms with van der Waals surface area (Å²) >= 11 is 1.66. The Morgan fingerprint density at radius 3 is 2.24 bits per heavy atom. The van der Waals surface area contributed by atoms with E-state index in [2.05, 4.69) is 12.1 Å². The normalized spacial score (nSPS) is 12.4. The van der Waals surface area contributed by atoms with Crippen molar-refractivity contribution in [3.8, 4) is 0 Å². The van der Waals surface area contributed by atoms with Gasteiger partial charge >= 0.3 is 0 Å². The highest BCUT2D eigenvalue weighted by molar-refractivity contribution is 7.99. The lowest BCUT2D eigenvalue weighted by molar-refractivity contribution is 0.626. The molecule has 1 unspecified atom stereocenters. The lowest BCUT2D eigenvalue weighted by atomic mass is 10.1. The van der Waals surface area contributed by atoms with E-state index in [1.54, 1.807) is 23.9 Å². The van der Waals surface area contributed by atoms with Crippen molar-refractivity contribution in [1.29, 1.82) is 0 Å². The molecule has 2 N–H and O–H groups in total. The van der Waals surface area contributed by atoms with E-state index in [0.29, 0.717) is 6.54 Å². The molecule has 2 aromatic carbocycles. The molecule has 0 aliphatic heterocycles. The molecule has 3 heteroatoms. The van der Waals surface area contributed by atoms with Crippen LogP contribution >= 0.6 is 11.8 Å². The first-order valence-corrected chi connectivity index (χ1v) is 6.35. The van der Waals surface area contributed by atoms with Gasteiger partial charge in [-0.2, -0.15) is 0 Å². The van der Waals surface area contributed by atoms with Gasteiger partial charge < -0.3 is 5.73 Å². The molecule has 2 aromatic rings. The number of nitrogens with two attached hydrogens (primary N) is 1. The van der Waals surface area contributed by atoms with E-state index in [-0.39, 0.29) is 11.1 Å². The molecule has 0 fully saturated rings. The zero-order valence-electron chi connectivity index (χ0n) is 9.34. The third-order valence-electron chi connectivity index (χ3n) is 2.48. The highest BCUT2D eigenvalue weighted by atomic mass is 32.2. The van der Waals surface area contributed by atoms with E-state index in [4.69, 9.17) is 5.73 Å². The maximum absolute atomic E-state index is 12.8. The molecule has 0 radical (unpaired) electrons. The average Bonchev–Trinajstić information content (AvgIpc) is 2.39. The van der Waals surface area contributed by atoms with Crippen molar-refractivity contribution < 1.29 is 4.39 Å². The van der Waals surface area contributed by atoms with Gasteiger partial charge in [0.15, 0.2) is 0 Å². The Bertz CT molecular complexity index is 455. The minimum absolute atomic E-state index is 0.210. The van der Waals surface area contributed by atoms with Gasteiger partial charge in [0.2, 0.25) is 0 Å². The fourth-order valence-corrected chi connectivity index (χ4v) is 2.61. The second-order valence-corrected chi connectivity index (χ2v) is 4.98. The van der Waals surface area contributed by atoms with Gasteiger partial charge in [-0.15, -0.1) is 11.8 Å². The van der Waals surface area contributed by atoms with Crippen LogP contribution in [0.3, 0.4) is 0 Å². The standard InChI is InChI=1S/C14H14FNS/c15-12-6-8-13(9-7-12)17-14(10-16)11-4-2-1-3-5-11/h1-9,14H,10,16H2. The SMILES string of the molecule is NCC(Sc1ccc(F)cc1)c1ccccc1. The van der Waals surface area contributed by atoms with E-state index in [1.165, 1.54) is 17.7 Å². The van der Waals surface area contributed by atoms with Crippen LogP contribution in [0, 0.1) is 5.82 Å². The molecule has 1 nitrogen and oxygen atoms in total. The van der Waals surface area contributed by atoms with Crippen LogP contribution in [0.2, 0.25) is 0 Å². The van der Waals surface area contributed by atoms with Gasteiger partial charge in [-0.25, -0.2) is 4.39 Å². The number of hydrogen-bond donors (Lipinski definition) is 1. The topological polar surface area (TPSA) is 26.0 Å². The van der Waals surface area contributed by atoms with Crippen LogP contribution in [-0.2, 0) is 0 Å². The van der Waals surface area contributed by atoms with E-state index in [1.807, 2.05) is 18.2 Å². The second-order valence-electron chi connectivity index (χ2n) is 3.71. The molecule has 0 bridgehead atoms. The summed E-state index contributed by atoms with van der Waals surface area (Å²) in [5, 5.41) is 0.210. The Kier molecular flexibility index (Phi) is 4.18. The predicted molar refractivity (Wildman–Crippen MR) is 70.5 cm³/mol. The van der Waals surface area contributed by atoms with Crippen LogP contribution in [0.25, 0.3) is 0 Å². The summed E-state index contributed by atoms with van der Waals surface area (Å²) in [6, 6.07) is 16.6. The predicted octanol–water partition coefficient (Wildman–Crippen LogP) is 3.62. The van der Waals surface area contributed by atoms with Gasteiger partial charge in [0.05, 0.1) is 0 Å². The fourth-order valence-electron chi connectivity index (χ4n) is 1.60. The number of rotatable bonds is 4. The van der Waals surface area contributed by atoms with Gasteiger partial charge in [0.1, 0.15) is 5.82 Å². The second kappa shape index (κ2) is 5.84. The monoisotopic (exact) mass is 247 g/mol. The van der Waals surface area contributed by atoms with Crippen molar-refractivity contribution in [1.82, 2.24) is 0 Å². The molecule has 1 atom stereocenters. The third-order valence-corrected chi connectivity index (χ3v) is 3.77. The van der Waals surface area contributed by atoms with E-state index >= 15 is 0 Å².